The summed E-state index contributed by atoms with van der Waals surface area (Å²) in [5.41, 5.74) is -0.191. The van der Waals surface area contributed by atoms with Crippen LogP contribution in [0.1, 0.15) is 27.2 Å². The summed E-state index contributed by atoms with van der Waals surface area (Å²) in [6.07, 6.45) is 0.970. The number of amides is 1. The number of nitrogens with one attached hydrogen (secondary N) is 1. The van der Waals surface area contributed by atoms with E-state index in [-0.39, 0.29) is 11.5 Å². The molecule has 2 fully saturated rings. The molecule has 0 spiro atoms. The van der Waals surface area contributed by atoms with E-state index in [1.165, 1.54) is 0 Å². The van der Waals surface area contributed by atoms with E-state index in [1.54, 1.807) is 0 Å². The summed E-state index contributed by atoms with van der Waals surface area (Å²) >= 11 is 0. The van der Waals surface area contributed by atoms with Crippen LogP contribution in [0.4, 0.5) is 0 Å². The molecule has 1 amide bonds. The molecule has 2 aliphatic rings. The van der Waals surface area contributed by atoms with Gasteiger partial charge in [-0.1, -0.05) is 0 Å². The second-order valence-corrected chi connectivity index (χ2v) is 5.51. The molecular weight excluding hydrogens is 204 g/mol. The number of hydrogen-bond donors (Lipinski definition) is 1. The fraction of sp³-hybridized carbons (Fsp3) is 0.917. The molecule has 0 aromatic heterocycles. The molecule has 92 valence electrons. The molecule has 0 aromatic rings. The summed E-state index contributed by atoms with van der Waals surface area (Å²) in [6.45, 7) is 9.27. The van der Waals surface area contributed by atoms with Crippen molar-refractivity contribution in [3.05, 3.63) is 0 Å². The van der Waals surface area contributed by atoms with E-state index in [1.807, 2.05) is 18.7 Å². The van der Waals surface area contributed by atoms with Crippen molar-refractivity contribution >= 4 is 5.91 Å². The first-order valence-corrected chi connectivity index (χ1v) is 6.16. The Bertz CT molecular complexity index is 278. The molecule has 1 N–H and O–H groups in total. The summed E-state index contributed by atoms with van der Waals surface area (Å²) < 4.78 is 5.63. The number of carbonyl (C=O) groups is 1. The number of rotatable bonds is 1. The fourth-order valence-corrected chi connectivity index (χ4v) is 2.64. The Labute approximate surface area is 97.3 Å². The third kappa shape index (κ3) is 2.38. The number of ether oxygens (including phenoxy) is 1. The van der Waals surface area contributed by atoms with Gasteiger partial charge in [0.05, 0.1) is 18.1 Å². The molecule has 0 bridgehead atoms. The standard InChI is InChI=1S/C12H22N2O2/c1-9-10(4-5-13-9)11(15)14-6-7-16-12(2,3)8-14/h9-10,13H,4-8H2,1-3H3. The highest BCUT2D eigenvalue weighted by Gasteiger charge is 2.36. The van der Waals surface area contributed by atoms with E-state index in [0.717, 1.165) is 26.1 Å². The first-order valence-electron chi connectivity index (χ1n) is 6.16. The molecule has 4 nitrogen and oxygen atoms in total. The molecule has 4 heteroatoms. The van der Waals surface area contributed by atoms with Crippen LogP contribution in [-0.4, -0.2) is 48.7 Å². The molecule has 0 radical (unpaired) electrons. The molecular formula is C12H22N2O2. The summed E-state index contributed by atoms with van der Waals surface area (Å²) in [5, 5.41) is 3.33. The lowest BCUT2D eigenvalue weighted by atomic mass is 9.98. The monoisotopic (exact) mass is 226 g/mol. The van der Waals surface area contributed by atoms with Gasteiger partial charge in [-0.3, -0.25) is 4.79 Å². The number of morpholine rings is 1. The van der Waals surface area contributed by atoms with Crippen molar-refractivity contribution in [1.29, 1.82) is 0 Å². The van der Waals surface area contributed by atoms with Crippen LogP contribution >= 0.6 is 0 Å². The number of nitrogens with zero attached hydrogens (tertiary/aromatic N) is 1. The van der Waals surface area contributed by atoms with Gasteiger partial charge in [0.1, 0.15) is 0 Å². The first-order chi connectivity index (χ1) is 7.49. The van der Waals surface area contributed by atoms with Crippen LogP contribution in [0.2, 0.25) is 0 Å². The lowest BCUT2D eigenvalue weighted by molar-refractivity contribution is -0.150. The third-order valence-corrected chi connectivity index (χ3v) is 3.58. The highest BCUT2D eigenvalue weighted by atomic mass is 16.5. The SMILES string of the molecule is CC1NCCC1C(=O)N1CCOC(C)(C)C1. The molecule has 2 aliphatic heterocycles. The van der Waals surface area contributed by atoms with Gasteiger partial charge >= 0.3 is 0 Å². The van der Waals surface area contributed by atoms with E-state index in [9.17, 15) is 4.79 Å². The maximum atomic E-state index is 12.3. The smallest absolute Gasteiger partial charge is 0.227 e. The predicted molar refractivity (Wildman–Crippen MR) is 62.2 cm³/mol. The van der Waals surface area contributed by atoms with E-state index in [4.69, 9.17) is 4.74 Å². The number of hydrogen-bond acceptors (Lipinski definition) is 3. The van der Waals surface area contributed by atoms with Crippen LogP contribution in [0.5, 0.6) is 0 Å². The first kappa shape index (κ1) is 11.9. The van der Waals surface area contributed by atoms with Crippen molar-refractivity contribution < 1.29 is 9.53 Å². The highest BCUT2D eigenvalue weighted by Crippen LogP contribution is 2.22. The minimum atomic E-state index is -0.191. The minimum Gasteiger partial charge on any atom is -0.372 e. The van der Waals surface area contributed by atoms with Gasteiger partial charge in [0.25, 0.3) is 0 Å². The fourth-order valence-electron chi connectivity index (χ4n) is 2.64. The van der Waals surface area contributed by atoms with Crippen molar-refractivity contribution in [2.75, 3.05) is 26.2 Å². The lowest BCUT2D eigenvalue weighted by Crippen LogP contribution is -2.53. The third-order valence-electron chi connectivity index (χ3n) is 3.58. The van der Waals surface area contributed by atoms with Crippen LogP contribution in [0.25, 0.3) is 0 Å². The molecule has 0 aliphatic carbocycles. The van der Waals surface area contributed by atoms with E-state index >= 15 is 0 Å². The van der Waals surface area contributed by atoms with Gasteiger partial charge in [0, 0.05) is 19.1 Å². The van der Waals surface area contributed by atoms with Gasteiger partial charge in [0.2, 0.25) is 5.91 Å². The van der Waals surface area contributed by atoms with Crippen molar-refractivity contribution in [1.82, 2.24) is 10.2 Å². The summed E-state index contributed by atoms with van der Waals surface area (Å²) in [7, 11) is 0. The zero-order chi connectivity index (χ0) is 11.8. The highest BCUT2D eigenvalue weighted by molar-refractivity contribution is 5.80. The molecule has 2 unspecified atom stereocenters. The van der Waals surface area contributed by atoms with E-state index in [0.29, 0.717) is 18.6 Å². The van der Waals surface area contributed by atoms with Gasteiger partial charge in [-0.2, -0.15) is 0 Å². The Hall–Kier alpha value is -0.610. The van der Waals surface area contributed by atoms with Crippen LogP contribution in [0, 0.1) is 5.92 Å². The van der Waals surface area contributed by atoms with Crippen LogP contribution in [0.3, 0.4) is 0 Å². The Balaban J connectivity index is 1.99. The summed E-state index contributed by atoms with van der Waals surface area (Å²) in [5.74, 6) is 0.461. The summed E-state index contributed by atoms with van der Waals surface area (Å²) in [6, 6.07) is 0.318. The normalized spacial score (nSPS) is 34.1. The largest absolute Gasteiger partial charge is 0.372 e. The minimum absolute atomic E-state index is 0.161. The van der Waals surface area contributed by atoms with Crippen LogP contribution in [0.15, 0.2) is 0 Å². The molecule has 2 heterocycles. The lowest BCUT2D eigenvalue weighted by Gasteiger charge is -2.39. The molecule has 16 heavy (non-hydrogen) atoms. The second-order valence-electron chi connectivity index (χ2n) is 5.51. The second kappa shape index (κ2) is 4.34. The quantitative estimate of drug-likeness (QED) is 0.713. The van der Waals surface area contributed by atoms with Gasteiger partial charge < -0.3 is 15.0 Å². The molecule has 0 aromatic carbocycles. The predicted octanol–water partition coefficient (Wildman–Crippen LogP) is 0.622. The molecule has 2 saturated heterocycles. The zero-order valence-corrected chi connectivity index (χ0v) is 10.5. The van der Waals surface area contributed by atoms with Gasteiger partial charge in [0.15, 0.2) is 0 Å². The molecule has 0 saturated carbocycles. The van der Waals surface area contributed by atoms with Gasteiger partial charge in [-0.25, -0.2) is 0 Å². The average Bonchev–Trinajstić information content (AvgIpc) is 2.62. The Kier molecular flexibility index (Phi) is 3.22. The Morgan fingerprint density at radius 2 is 2.25 bits per heavy atom. The van der Waals surface area contributed by atoms with Crippen molar-refractivity contribution in [2.24, 2.45) is 5.92 Å². The van der Waals surface area contributed by atoms with Crippen molar-refractivity contribution in [2.45, 2.75) is 38.8 Å². The maximum Gasteiger partial charge on any atom is 0.227 e. The molecule has 2 rings (SSSR count). The van der Waals surface area contributed by atoms with E-state index in [2.05, 4.69) is 12.2 Å². The van der Waals surface area contributed by atoms with Crippen molar-refractivity contribution in [3.8, 4) is 0 Å². The maximum absolute atomic E-state index is 12.3. The zero-order valence-electron chi connectivity index (χ0n) is 10.5. The molecule has 2 atom stereocenters. The Morgan fingerprint density at radius 3 is 2.81 bits per heavy atom. The summed E-state index contributed by atoms with van der Waals surface area (Å²) in [4.78, 5) is 14.3. The average molecular weight is 226 g/mol. The number of carbonyl (C=O) groups excluding carboxylic acids is 1. The van der Waals surface area contributed by atoms with Gasteiger partial charge in [-0.15, -0.1) is 0 Å². The van der Waals surface area contributed by atoms with E-state index < -0.39 is 0 Å². The van der Waals surface area contributed by atoms with Crippen LogP contribution in [-0.2, 0) is 9.53 Å². The van der Waals surface area contributed by atoms with Crippen molar-refractivity contribution in [3.63, 3.8) is 0 Å². The Morgan fingerprint density at radius 1 is 1.50 bits per heavy atom. The van der Waals surface area contributed by atoms with Gasteiger partial charge in [-0.05, 0) is 33.7 Å². The van der Waals surface area contributed by atoms with Crippen LogP contribution < -0.4 is 5.32 Å². The topological polar surface area (TPSA) is 41.6 Å².